The number of rotatable bonds is 3. The predicted octanol–water partition coefficient (Wildman–Crippen LogP) is 4.41. The van der Waals surface area contributed by atoms with Crippen LogP contribution in [0.1, 0.15) is 16.1 Å². The largest absolute Gasteiger partial charge is 0.451 e. The minimum atomic E-state index is -0.206. The highest BCUT2D eigenvalue weighted by Crippen LogP contribution is 2.24. The molecule has 2 heterocycles. The third-order valence-electron chi connectivity index (χ3n) is 3.24. The van der Waals surface area contributed by atoms with Crippen LogP contribution in [0.25, 0.3) is 11.0 Å². The second kappa shape index (κ2) is 5.99. The van der Waals surface area contributed by atoms with E-state index in [4.69, 9.17) is 27.6 Å². The van der Waals surface area contributed by atoms with E-state index in [0.717, 1.165) is 10.9 Å². The molecule has 0 fully saturated rings. The third-order valence-corrected chi connectivity index (χ3v) is 3.70. The van der Waals surface area contributed by atoms with Crippen LogP contribution in [0.3, 0.4) is 0 Å². The second-order valence-corrected chi connectivity index (χ2v) is 5.77. The van der Waals surface area contributed by atoms with Crippen LogP contribution in [0.2, 0.25) is 10.2 Å². The summed E-state index contributed by atoms with van der Waals surface area (Å²) in [7, 11) is 1.71. The van der Waals surface area contributed by atoms with E-state index in [0.29, 0.717) is 22.3 Å². The van der Waals surface area contributed by atoms with Gasteiger partial charge < -0.3 is 9.32 Å². The van der Waals surface area contributed by atoms with E-state index in [9.17, 15) is 4.79 Å². The molecule has 1 amide bonds. The maximum atomic E-state index is 12.4. The zero-order chi connectivity index (χ0) is 15.7. The molecule has 1 aromatic carbocycles. The molecule has 0 aliphatic heterocycles. The monoisotopic (exact) mass is 334 g/mol. The van der Waals surface area contributed by atoms with E-state index < -0.39 is 0 Å². The zero-order valence-electron chi connectivity index (χ0n) is 11.7. The number of benzene rings is 1. The topological polar surface area (TPSA) is 46.3 Å². The fourth-order valence-corrected chi connectivity index (χ4v) is 2.45. The Balaban J connectivity index is 1.80. The van der Waals surface area contributed by atoms with E-state index in [1.54, 1.807) is 48.5 Å². The average Bonchev–Trinajstić information content (AvgIpc) is 2.91. The predicted molar refractivity (Wildman–Crippen MR) is 86.3 cm³/mol. The Hall–Kier alpha value is -2.04. The number of carbonyl (C=O) groups is 1. The van der Waals surface area contributed by atoms with Gasteiger partial charge in [0.1, 0.15) is 10.7 Å². The van der Waals surface area contributed by atoms with Crippen LogP contribution in [0.15, 0.2) is 47.0 Å². The van der Waals surface area contributed by atoms with Crippen LogP contribution < -0.4 is 0 Å². The second-order valence-electron chi connectivity index (χ2n) is 4.94. The summed E-state index contributed by atoms with van der Waals surface area (Å²) in [4.78, 5) is 18.0. The summed E-state index contributed by atoms with van der Waals surface area (Å²) < 4.78 is 5.58. The summed E-state index contributed by atoms with van der Waals surface area (Å²) in [5.74, 6) is 0.0731. The molecule has 22 heavy (non-hydrogen) atoms. The summed E-state index contributed by atoms with van der Waals surface area (Å²) in [5.41, 5.74) is 1.52. The van der Waals surface area contributed by atoms with Crippen LogP contribution in [-0.4, -0.2) is 22.8 Å². The van der Waals surface area contributed by atoms with Crippen LogP contribution in [-0.2, 0) is 6.54 Å². The lowest BCUT2D eigenvalue weighted by Gasteiger charge is -2.15. The number of hydrogen-bond acceptors (Lipinski definition) is 3. The quantitative estimate of drug-likeness (QED) is 0.666. The first-order valence-electron chi connectivity index (χ1n) is 6.58. The lowest BCUT2D eigenvalue weighted by molar-refractivity contribution is 0.0756. The number of furan rings is 1. The maximum absolute atomic E-state index is 12.4. The Morgan fingerprint density at radius 3 is 2.77 bits per heavy atom. The van der Waals surface area contributed by atoms with Gasteiger partial charge in [0.15, 0.2) is 5.76 Å². The molecule has 0 atom stereocenters. The lowest BCUT2D eigenvalue weighted by Crippen LogP contribution is -2.25. The molecule has 3 rings (SSSR count). The molecule has 2 aromatic heterocycles. The van der Waals surface area contributed by atoms with Gasteiger partial charge in [0.2, 0.25) is 0 Å². The first kappa shape index (κ1) is 14.9. The van der Waals surface area contributed by atoms with Crippen molar-refractivity contribution in [3.8, 4) is 0 Å². The standard InChI is InChI=1S/C16H12Cl2N2O2/c1-20(9-10-2-5-15(18)19-8-10)16(21)14-7-11-6-12(17)3-4-13(11)22-14/h2-8H,9H2,1H3. The molecule has 0 unspecified atom stereocenters. The van der Waals surface area contributed by atoms with Gasteiger partial charge in [0, 0.05) is 30.2 Å². The maximum Gasteiger partial charge on any atom is 0.289 e. The number of halogens is 2. The van der Waals surface area contributed by atoms with Crippen molar-refractivity contribution in [2.24, 2.45) is 0 Å². The van der Waals surface area contributed by atoms with Gasteiger partial charge in [0.25, 0.3) is 5.91 Å². The fraction of sp³-hybridized carbons (Fsp3) is 0.125. The number of carbonyl (C=O) groups excluding carboxylic acids is 1. The molecule has 0 saturated heterocycles. The van der Waals surface area contributed by atoms with Crippen molar-refractivity contribution < 1.29 is 9.21 Å². The number of hydrogen-bond donors (Lipinski definition) is 0. The highest BCUT2D eigenvalue weighted by Gasteiger charge is 2.17. The Bertz CT molecular complexity index is 828. The van der Waals surface area contributed by atoms with Gasteiger partial charge >= 0.3 is 0 Å². The molecule has 0 saturated carbocycles. The first-order valence-corrected chi connectivity index (χ1v) is 7.33. The number of fused-ring (bicyclic) bond motifs is 1. The molecular formula is C16H12Cl2N2O2. The fourth-order valence-electron chi connectivity index (χ4n) is 2.15. The summed E-state index contributed by atoms with van der Waals surface area (Å²) in [6.07, 6.45) is 1.64. The molecule has 3 aromatic rings. The third kappa shape index (κ3) is 3.08. The lowest BCUT2D eigenvalue weighted by atomic mass is 10.2. The van der Waals surface area contributed by atoms with E-state index >= 15 is 0 Å². The van der Waals surface area contributed by atoms with E-state index in [1.807, 2.05) is 6.07 Å². The summed E-state index contributed by atoms with van der Waals surface area (Å²) in [6, 6.07) is 10.5. The summed E-state index contributed by atoms with van der Waals surface area (Å²) >= 11 is 11.7. The van der Waals surface area contributed by atoms with Crippen LogP contribution in [0.5, 0.6) is 0 Å². The average molecular weight is 335 g/mol. The first-order chi connectivity index (χ1) is 10.5. The van der Waals surface area contributed by atoms with Gasteiger partial charge in [-0.2, -0.15) is 0 Å². The van der Waals surface area contributed by atoms with Gasteiger partial charge in [-0.3, -0.25) is 4.79 Å². The molecular weight excluding hydrogens is 323 g/mol. The van der Waals surface area contributed by atoms with Gasteiger partial charge in [-0.25, -0.2) is 4.98 Å². The van der Waals surface area contributed by atoms with Crippen LogP contribution >= 0.6 is 23.2 Å². The Morgan fingerprint density at radius 2 is 2.05 bits per heavy atom. The molecule has 0 N–H and O–H groups in total. The highest BCUT2D eigenvalue weighted by molar-refractivity contribution is 6.31. The van der Waals surface area contributed by atoms with Crippen molar-refractivity contribution in [1.82, 2.24) is 9.88 Å². The van der Waals surface area contributed by atoms with Gasteiger partial charge in [-0.05, 0) is 35.9 Å². The SMILES string of the molecule is CN(Cc1ccc(Cl)nc1)C(=O)c1cc2cc(Cl)ccc2o1. The number of amides is 1. The van der Waals surface area contributed by atoms with E-state index in [2.05, 4.69) is 4.98 Å². The molecule has 112 valence electrons. The van der Waals surface area contributed by atoms with Crippen molar-refractivity contribution in [2.45, 2.75) is 6.54 Å². The Labute approximate surface area is 137 Å². The number of pyridine rings is 1. The highest BCUT2D eigenvalue weighted by atomic mass is 35.5. The Morgan fingerprint density at radius 1 is 1.23 bits per heavy atom. The molecule has 0 bridgehead atoms. The molecule has 0 radical (unpaired) electrons. The van der Waals surface area contributed by atoms with Crippen molar-refractivity contribution in [3.05, 3.63) is 64.1 Å². The molecule has 0 aliphatic carbocycles. The summed E-state index contributed by atoms with van der Waals surface area (Å²) in [6.45, 7) is 0.417. The minimum absolute atomic E-state index is 0.206. The summed E-state index contributed by atoms with van der Waals surface area (Å²) in [5, 5.41) is 1.83. The smallest absolute Gasteiger partial charge is 0.289 e. The van der Waals surface area contributed by atoms with Crippen molar-refractivity contribution in [3.63, 3.8) is 0 Å². The molecule has 6 heteroatoms. The van der Waals surface area contributed by atoms with Gasteiger partial charge in [-0.15, -0.1) is 0 Å². The molecule has 4 nitrogen and oxygen atoms in total. The molecule has 0 spiro atoms. The normalized spacial score (nSPS) is 10.9. The van der Waals surface area contributed by atoms with E-state index in [1.165, 1.54) is 0 Å². The van der Waals surface area contributed by atoms with E-state index in [-0.39, 0.29) is 11.7 Å². The number of aromatic nitrogens is 1. The number of nitrogens with zero attached hydrogens (tertiary/aromatic N) is 2. The Kier molecular flexibility index (Phi) is 4.05. The van der Waals surface area contributed by atoms with Crippen molar-refractivity contribution in [1.29, 1.82) is 0 Å². The van der Waals surface area contributed by atoms with Crippen LogP contribution in [0, 0.1) is 0 Å². The van der Waals surface area contributed by atoms with Gasteiger partial charge in [-0.1, -0.05) is 29.3 Å². The van der Waals surface area contributed by atoms with Crippen LogP contribution in [0.4, 0.5) is 0 Å². The minimum Gasteiger partial charge on any atom is -0.451 e. The van der Waals surface area contributed by atoms with Crippen molar-refractivity contribution >= 4 is 40.1 Å². The zero-order valence-corrected chi connectivity index (χ0v) is 13.2. The molecule has 0 aliphatic rings. The van der Waals surface area contributed by atoms with Gasteiger partial charge in [0.05, 0.1) is 0 Å². The van der Waals surface area contributed by atoms with Crippen molar-refractivity contribution in [2.75, 3.05) is 7.05 Å².